The van der Waals surface area contributed by atoms with Crippen LogP contribution in [0.2, 0.25) is 5.02 Å². The van der Waals surface area contributed by atoms with Gasteiger partial charge in [-0.2, -0.15) is 0 Å². The van der Waals surface area contributed by atoms with Crippen LogP contribution in [0.1, 0.15) is 38.9 Å². The number of benzene rings is 3. The lowest BCUT2D eigenvalue weighted by atomic mass is 9.96. The van der Waals surface area contributed by atoms with E-state index in [0.29, 0.717) is 40.4 Å². The lowest BCUT2D eigenvalue weighted by Crippen LogP contribution is -2.50. The zero-order valence-corrected chi connectivity index (χ0v) is 24.7. The molecule has 0 saturated carbocycles. The second kappa shape index (κ2) is 12.9. The average Bonchev–Trinajstić information content (AvgIpc) is 3.47. The van der Waals surface area contributed by atoms with Crippen molar-refractivity contribution in [3.8, 4) is 5.69 Å². The molecule has 10 heteroatoms. The van der Waals surface area contributed by atoms with Crippen LogP contribution in [0.4, 0.5) is 0 Å². The summed E-state index contributed by atoms with van der Waals surface area (Å²) in [6, 6.07) is 28.7. The van der Waals surface area contributed by atoms with Crippen LogP contribution in [0.5, 0.6) is 0 Å². The number of carbonyl (C=O) groups is 1. The van der Waals surface area contributed by atoms with Gasteiger partial charge in [0.05, 0.1) is 17.4 Å². The number of aromatic nitrogens is 5. The first-order valence-electron chi connectivity index (χ1n) is 13.8. The van der Waals surface area contributed by atoms with Crippen LogP contribution in [0.3, 0.4) is 0 Å². The molecular formula is C32H30ClN7OS. The molecule has 0 bridgehead atoms. The minimum Gasteiger partial charge on any atom is -0.335 e. The van der Waals surface area contributed by atoms with Gasteiger partial charge in [0.2, 0.25) is 0 Å². The minimum absolute atomic E-state index is 0.120. The first-order chi connectivity index (χ1) is 20.6. The first-order valence-corrected chi connectivity index (χ1v) is 15.2. The summed E-state index contributed by atoms with van der Waals surface area (Å²) in [5, 5.41) is 10.0. The van der Waals surface area contributed by atoms with E-state index in [1.807, 2.05) is 42.2 Å². The summed E-state index contributed by atoms with van der Waals surface area (Å²) in [6.07, 6.45) is 3.41. The van der Waals surface area contributed by atoms with Gasteiger partial charge in [0.25, 0.3) is 5.91 Å². The van der Waals surface area contributed by atoms with Gasteiger partial charge in [0.15, 0.2) is 10.9 Å². The van der Waals surface area contributed by atoms with Gasteiger partial charge in [-0.05, 0) is 41.8 Å². The van der Waals surface area contributed by atoms with Gasteiger partial charge in [-0.3, -0.25) is 9.69 Å². The molecule has 6 rings (SSSR count). The largest absolute Gasteiger partial charge is 0.335 e. The van der Waals surface area contributed by atoms with Crippen LogP contribution < -0.4 is 0 Å². The maximum atomic E-state index is 13.9. The van der Waals surface area contributed by atoms with E-state index in [1.165, 1.54) is 22.9 Å². The first kappa shape index (κ1) is 28.1. The van der Waals surface area contributed by atoms with E-state index in [9.17, 15) is 4.79 Å². The molecule has 0 spiro atoms. The van der Waals surface area contributed by atoms with Gasteiger partial charge in [0.1, 0.15) is 0 Å². The van der Waals surface area contributed by atoms with Crippen LogP contribution >= 0.6 is 23.4 Å². The Balaban J connectivity index is 1.24. The number of halogens is 1. The summed E-state index contributed by atoms with van der Waals surface area (Å²) in [4.78, 5) is 26.9. The fourth-order valence-electron chi connectivity index (χ4n) is 5.23. The van der Waals surface area contributed by atoms with Crippen molar-refractivity contribution in [2.45, 2.75) is 23.9 Å². The summed E-state index contributed by atoms with van der Waals surface area (Å²) in [7, 11) is 0. The molecule has 0 radical (unpaired) electrons. The van der Waals surface area contributed by atoms with Crippen molar-refractivity contribution in [3.63, 3.8) is 0 Å². The Kier molecular flexibility index (Phi) is 8.60. The number of nitrogens with zero attached hydrogens (tertiary/aromatic N) is 7. The Morgan fingerprint density at radius 1 is 0.881 bits per heavy atom. The molecule has 0 aliphatic carbocycles. The second-order valence-corrected chi connectivity index (χ2v) is 11.5. The van der Waals surface area contributed by atoms with E-state index in [1.54, 1.807) is 23.1 Å². The van der Waals surface area contributed by atoms with Crippen molar-refractivity contribution in [2.24, 2.45) is 0 Å². The second-order valence-electron chi connectivity index (χ2n) is 10.1. The van der Waals surface area contributed by atoms with Crippen LogP contribution in [-0.4, -0.2) is 66.8 Å². The molecule has 0 unspecified atom stereocenters. The zero-order valence-electron chi connectivity index (χ0n) is 23.2. The van der Waals surface area contributed by atoms with Crippen molar-refractivity contribution in [1.82, 2.24) is 34.8 Å². The summed E-state index contributed by atoms with van der Waals surface area (Å²) >= 11 is 7.88. The maximum Gasteiger partial charge on any atom is 0.276 e. The summed E-state index contributed by atoms with van der Waals surface area (Å²) in [5.74, 6) is 0.299. The lowest BCUT2D eigenvalue weighted by Gasteiger charge is -2.39. The molecule has 2 aromatic heterocycles. The molecule has 212 valence electrons. The number of hydrogen-bond donors (Lipinski definition) is 0. The number of piperazine rings is 1. The molecule has 1 aliphatic rings. The van der Waals surface area contributed by atoms with Crippen molar-refractivity contribution in [2.75, 3.05) is 26.2 Å². The minimum atomic E-state index is -0.125. The van der Waals surface area contributed by atoms with Crippen LogP contribution in [-0.2, 0) is 5.75 Å². The monoisotopic (exact) mass is 595 g/mol. The number of carbonyl (C=O) groups excluding carboxylic acids is 1. The van der Waals surface area contributed by atoms with Crippen LogP contribution in [0.15, 0.2) is 102 Å². The van der Waals surface area contributed by atoms with Gasteiger partial charge in [-0.25, -0.2) is 14.6 Å². The molecule has 5 aromatic rings. The number of amides is 1. The highest BCUT2D eigenvalue weighted by molar-refractivity contribution is 7.98. The van der Waals surface area contributed by atoms with Gasteiger partial charge >= 0.3 is 0 Å². The molecule has 0 atom stereocenters. The molecule has 0 N–H and O–H groups in total. The summed E-state index contributed by atoms with van der Waals surface area (Å²) < 4.78 is 1.70. The molecule has 1 saturated heterocycles. The average molecular weight is 596 g/mol. The Morgan fingerprint density at radius 3 is 2.14 bits per heavy atom. The highest BCUT2D eigenvalue weighted by Crippen LogP contribution is 2.30. The highest BCUT2D eigenvalue weighted by Gasteiger charge is 2.31. The molecule has 1 aliphatic heterocycles. The smallest absolute Gasteiger partial charge is 0.276 e. The third-order valence-corrected chi connectivity index (χ3v) is 8.74. The third kappa shape index (κ3) is 6.09. The fourth-order valence-corrected chi connectivity index (χ4v) is 6.20. The van der Waals surface area contributed by atoms with Gasteiger partial charge < -0.3 is 4.90 Å². The number of rotatable bonds is 8. The third-order valence-electron chi connectivity index (χ3n) is 7.44. The van der Waals surface area contributed by atoms with Crippen LogP contribution in [0, 0.1) is 6.92 Å². The number of thioether (sulfide) groups is 1. The molecular weight excluding hydrogens is 566 g/mol. The van der Waals surface area contributed by atoms with Gasteiger partial charge in [-0.1, -0.05) is 95.3 Å². The predicted octanol–water partition coefficient (Wildman–Crippen LogP) is 5.86. The molecule has 1 amide bonds. The Labute approximate surface area is 254 Å². The molecule has 1 fully saturated rings. The standard InChI is InChI=1S/C32H30ClN7OS/c1-23-13-14-26(21-27(23)33)40-28(22-42-32-34-15-8-16-35-32)29(36-37-40)31(41)39-19-17-38(18-20-39)30(24-9-4-2-5-10-24)25-11-6-3-7-12-25/h2-16,21,30H,17-20,22H2,1H3. The lowest BCUT2D eigenvalue weighted by molar-refractivity contribution is 0.0591. The predicted molar refractivity (Wildman–Crippen MR) is 165 cm³/mol. The van der Waals surface area contributed by atoms with Crippen molar-refractivity contribution in [3.05, 3.63) is 130 Å². The molecule has 42 heavy (non-hydrogen) atoms. The summed E-state index contributed by atoms with van der Waals surface area (Å²) in [5.41, 5.74) is 5.22. The van der Waals surface area contributed by atoms with Crippen molar-refractivity contribution >= 4 is 29.3 Å². The highest BCUT2D eigenvalue weighted by atomic mass is 35.5. The van der Waals surface area contributed by atoms with Crippen molar-refractivity contribution in [1.29, 1.82) is 0 Å². The van der Waals surface area contributed by atoms with Crippen molar-refractivity contribution < 1.29 is 4.79 Å². The van der Waals surface area contributed by atoms with E-state index in [-0.39, 0.29) is 11.9 Å². The fraction of sp³-hybridized carbons (Fsp3) is 0.219. The van der Waals surface area contributed by atoms with E-state index < -0.39 is 0 Å². The van der Waals surface area contributed by atoms with E-state index in [0.717, 1.165) is 24.3 Å². The number of aryl methyl sites for hydroxylation is 1. The SMILES string of the molecule is Cc1ccc(-n2nnc(C(=O)N3CCN(C(c4ccccc4)c4ccccc4)CC3)c2CSc2ncccn2)cc1Cl. The van der Waals surface area contributed by atoms with Gasteiger partial charge in [-0.15, -0.1) is 5.10 Å². The summed E-state index contributed by atoms with van der Waals surface area (Å²) in [6.45, 7) is 4.61. The normalized spacial score (nSPS) is 13.9. The Hall–Kier alpha value is -4.05. The molecule has 8 nitrogen and oxygen atoms in total. The maximum absolute atomic E-state index is 13.9. The van der Waals surface area contributed by atoms with Gasteiger partial charge in [0, 0.05) is 49.3 Å². The van der Waals surface area contributed by atoms with E-state index in [4.69, 9.17) is 11.6 Å². The molecule has 3 heterocycles. The topological polar surface area (TPSA) is 80.0 Å². The van der Waals surface area contributed by atoms with E-state index >= 15 is 0 Å². The molecule has 3 aromatic carbocycles. The quantitative estimate of drug-likeness (QED) is 0.164. The Bertz CT molecular complexity index is 1600. The Morgan fingerprint density at radius 2 is 1.52 bits per heavy atom. The van der Waals surface area contributed by atoms with Crippen LogP contribution in [0.25, 0.3) is 5.69 Å². The zero-order chi connectivity index (χ0) is 28.9. The van der Waals surface area contributed by atoms with E-state index in [2.05, 4.69) is 73.7 Å². The number of hydrogen-bond acceptors (Lipinski definition) is 7.